The average molecular weight is 445 g/mol. The van der Waals surface area contributed by atoms with E-state index in [1.165, 1.54) is 6.33 Å². The molecule has 1 spiro atoms. The Bertz CT molecular complexity index is 901. The van der Waals surface area contributed by atoms with Crippen molar-refractivity contribution in [3.8, 4) is 11.4 Å². The molecule has 2 fully saturated rings. The maximum Gasteiger partial charge on any atom is 0.290 e. The molecule has 1 aromatic carbocycles. The highest BCUT2D eigenvalue weighted by molar-refractivity contribution is 6.00. The number of likely N-dealkylation sites (tertiary alicyclic amines) is 1. The summed E-state index contributed by atoms with van der Waals surface area (Å²) in [5.41, 5.74) is 1.03. The normalized spacial score (nSPS) is 22.7. The van der Waals surface area contributed by atoms with E-state index in [9.17, 15) is 9.90 Å². The van der Waals surface area contributed by atoms with Crippen LogP contribution in [0.25, 0.3) is 11.4 Å². The third-order valence-electron chi connectivity index (χ3n) is 6.24. The third-order valence-corrected chi connectivity index (χ3v) is 6.24. The highest BCUT2D eigenvalue weighted by Crippen LogP contribution is 2.42. The van der Waals surface area contributed by atoms with Gasteiger partial charge in [0.1, 0.15) is 6.33 Å². The van der Waals surface area contributed by atoms with Crippen LogP contribution in [-0.2, 0) is 9.53 Å². The maximum absolute atomic E-state index is 13.2. The van der Waals surface area contributed by atoms with Crippen molar-refractivity contribution in [1.82, 2.24) is 20.1 Å². The first kappa shape index (κ1) is 23.9. The zero-order valence-electron chi connectivity index (χ0n) is 18.8. The summed E-state index contributed by atoms with van der Waals surface area (Å²) >= 11 is 0. The molecule has 2 saturated heterocycles. The number of aliphatic hydroxyl groups is 1. The fourth-order valence-electron chi connectivity index (χ4n) is 4.51. The van der Waals surface area contributed by atoms with Crippen molar-refractivity contribution >= 4 is 12.4 Å². The van der Waals surface area contributed by atoms with Crippen LogP contribution in [0, 0.1) is 5.41 Å². The second kappa shape index (κ2) is 9.79. The summed E-state index contributed by atoms with van der Waals surface area (Å²) in [4.78, 5) is 27.7. The maximum atomic E-state index is 13.2. The Hall–Kier alpha value is -2.78. The zero-order valence-corrected chi connectivity index (χ0v) is 18.8. The number of aromatic nitrogens is 3. The summed E-state index contributed by atoms with van der Waals surface area (Å²) in [5, 5.41) is 24.1. The lowest BCUT2D eigenvalue weighted by atomic mass is 9.76. The van der Waals surface area contributed by atoms with Crippen LogP contribution in [0.5, 0.6) is 0 Å². The van der Waals surface area contributed by atoms with Gasteiger partial charge in [-0.3, -0.25) is 14.7 Å². The summed E-state index contributed by atoms with van der Waals surface area (Å²) in [7, 11) is 0. The minimum absolute atomic E-state index is 0.00409. The molecule has 2 aliphatic heterocycles. The van der Waals surface area contributed by atoms with Gasteiger partial charge < -0.3 is 19.8 Å². The summed E-state index contributed by atoms with van der Waals surface area (Å²) in [5.74, 6) is 0.588. The van der Waals surface area contributed by atoms with Gasteiger partial charge in [0.2, 0.25) is 0 Å². The lowest BCUT2D eigenvalue weighted by molar-refractivity contribution is -0.205. The minimum atomic E-state index is -0.345. The van der Waals surface area contributed by atoms with Crippen molar-refractivity contribution in [1.29, 1.82) is 0 Å². The molecular formula is C23H32N4O5. The van der Waals surface area contributed by atoms with Crippen LogP contribution in [-0.4, -0.2) is 73.6 Å². The van der Waals surface area contributed by atoms with Crippen molar-refractivity contribution in [2.24, 2.45) is 5.41 Å². The van der Waals surface area contributed by atoms with Crippen LogP contribution in [0.15, 0.2) is 30.6 Å². The molecule has 3 heterocycles. The van der Waals surface area contributed by atoms with Crippen molar-refractivity contribution in [3.05, 3.63) is 36.2 Å². The Morgan fingerprint density at radius 3 is 2.53 bits per heavy atom. The molecule has 4 rings (SSSR count). The van der Waals surface area contributed by atoms with Gasteiger partial charge in [0.15, 0.2) is 5.82 Å². The number of hydrogen-bond donors (Lipinski definition) is 3. The quantitative estimate of drug-likeness (QED) is 0.608. The number of piperidine rings is 1. The molecule has 174 valence electrons. The molecule has 0 radical (unpaired) electrons. The molecule has 9 heteroatoms. The number of nitrogens with one attached hydrogen (secondary N) is 1. The van der Waals surface area contributed by atoms with Crippen LogP contribution in [0.2, 0.25) is 0 Å². The van der Waals surface area contributed by atoms with Crippen molar-refractivity contribution in [2.75, 3.05) is 13.1 Å². The number of hydrogen-bond acceptors (Lipinski definition) is 6. The smallest absolute Gasteiger partial charge is 0.290 e. The fraction of sp³-hybridized carbons (Fsp3) is 0.565. The molecule has 3 N–H and O–H groups in total. The highest BCUT2D eigenvalue weighted by atomic mass is 16.5. The van der Waals surface area contributed by atoms with Crippen LogP contribution < -0.4 is 0 Å². The number of benzene rings is 1. The second-order valence-electron chi connectivity index (χ2n) is 9.53. The Morgan fingerprint density at radius 2 is 1.94 bits per heavy atom. The van der Waals surface area contributed by atoms with Crippen molar-refractivity contribution < 1.29 is 24.5 Å². The van der Waals surface area contributed by atoms with Gasteiger partial charge >= 0.3 is 0 Å². The van der Waals surface area contributed by atoms with E-state index in [4.69, 9.17) is 14.6 Å². The Balaban J connectivity index is 0.000000913. The van der Waals surface area contributed by atoms with Gasteiger partial charge in [0.05, 0.1) is 23.4 Å². The lowest BCUT2D eigenvalue weighted by Gasteiger charge is -2.50. The van der Waals surface area contributed by atoms with Crippen molar-refractivity contribution in [3.63, 3.8) is 0 Å². The van der Waals surface area contributed by atoms with E-state index in [1.54, 1.807) is 0 Å². The molecule has 2 aliphatic rings. The van der Waals surface area contributed by atoms with E-state index in [0.29, 0.717) is 37.3 Å². The first-order valence-electron chi connectivity index (χ1n) is 10.9. The van der Waals surface area contributed by atoms with E-state index >= 15 is 0 Å². The SMILES string of the molecule is CC(C)(C)[C@H]1C[C@@H](O)CC2(CCN(C(=O)c3ccccc3-c3ncn[nH]3)CC2)O1.O=CO. The average Bonchev–Trinajstić information content (AvgIpc) is 3.28. The molecule has 32 heavy (non-hydrogen) atoms. The monoisotopic (exact) mass is 444 g/mol. The predicted octanol–water partition coefficient (Wildman–Crippen LogP) is 2.73. The topological polar surface area (TPSA) is 129 Å². The van der Waals surface area contributed by atoms with Crippen LogP contribution in [0.3, 0.4) is 0 Å². The van der Waals surface area contributed by atoms with Crippen molar-refractivity contribution in [2.45, 2.75) is 64.3 Å². The van der Waals surface area contributed by atoms with Gasteiger partial charge in [0, 0.05) is 31.5 Å². The number of H-pyrrole nitrogens is 1. The standard InChI is InChI=1S/C22H30N4O3.CH2O2/c1-21(2,3)18-12-15(27)13-22(29-18)8-10-26(11-9-22)20(28)17-7-5-4-6-16(17)19-23-14-24-25-19;2-1-3/h4-7,14-15,18,27H,8-13H2,1-3H3,(H,23,24,25);1H,(H,2,3)/t15-,18-;/m1./s1. The number of rotatable bonds is 2. The molecule has 9 nitrogen and oxygen atoms in total. The highest BCUT2D eigenvalue weighted by Gasteiger charge is 2.46. The number of aromatic amines is 1. The van der Waals surface area contributed by atoms with Crippen LogP contribution >= 0.6 is 0 Å². The minimum Gasteiger partial charge on any atom is -0.483 e. The Kier molecular flexibility index (Phi) is 7.30. The number of aliphatic hydroxyl groups excluding tert-OH is 1. The molecule has 1 aromatic heterocycles. The zero-order chi connectivity index (χ0) is 23.4. The van der Waals surface area contributed by atoms with Gasteiger partial charge in [-0.05, 0) is 24.3 Å². The predicted molar refractivity (Wildman–Crippen MR) is 118 cm³/mol. The van der Waals surface area contributed by atoms with Crippen LogP contribution in [0.4, 0.5) is 0 Å². The number of nitrogens with zero attached hydrogens (tertiary/aromatic N) is 3. The molecule has 0 unspecified atom stereocenters. The number of carbonyl (C=O) groups excluding carboxylic acids is 1. The van der Waals surface area contributed by atoms with E-state index in [-0.39, 0.29) is 35.6 Å². The molecule has 2 aromatic rings. The largest absolute Gasteiger partial charge is 0.483 e. The van der Waals surface area contributed by atoms with E-state index in [0.717, 1.165) is 18.4 Å². The first-order valence-corrected chi connectivity index (χ1v) is 10.9. The number of ether oxygens (including phenoxy) is 1. The van der Waals surface area contributed by atoms with Gasteiger partial charge in [-0.2, -0.15) is 5.10 Å². The summed E-state index contributed by atoms with van der Waals surface area (Å²) in [6.07, 6.45) is 3.94. The Labute approximate surface area is 187 Å². The lowest BCUT2D eigenvalue weighted by Crippen LogP contribution is -2.55. The fourth-order valence-corrected chi connectivity index (χ4v) is 4.51. The summed E-state index contributed by atoms with van der Waals surface area (Å²) in [6.45, 7) is 7.45. The third kappa shape index (κ3) is 5.34. The number of carboxylic acid groups (broad SMARTS) is 1. The van der Waals surface area contributed by atoms with Gasteiger partial charge in [0.25, 0.3) is 12.4 Å². The summed E-state index contributed by atoms with van der Waals surface area (Å²) in [6, 6.07) is 7.48. The molecular weight excluding hydrogens is 412 g/mol. The molecule has 2 atom stereocenters. The van der Waals surface area contributed by atoms with E-state index in [1.807, 2.05) is 29.2 Å². The molecule has 0 saturated carbocycles. The molecule has 0 bridgehead atoms. The van der Waals surface area contributed by atoms with E-state index in [2.05, 4.69) is 36.0 Å². The number of carbonyl (C=O) groups is 2. The number of amides is 1. The Morgan fingerprint density at radius 1 is 1.28 bits per heavy atom. The van der Waals surface area contributed by atoms with Gasteiger partial charge in [-0.1, -0.05) is 39.0 Å². The van der Waals surface area contributed by atoms with Crippen LogP contribution in [0.1, 0.15) is 56.8 Å². The molecule has 0 aliphatic carbocycles. The first-order chi connectivity index (χ1) is 15.2. The summed E-state index contributed by atoms with van der Waals surface area (Å²) < 4.78 is 6.54. The van der Waals surface area contributed by atoms with Gasteiger partial charge in [-0.15, -0.1) is 0 Å². The second-order valence-corrected chi connectivity index (χ2v) is 9.53. The molecule has 1 amide bonds. The van der Waals surface area contributed by atoms with E-state index < -0.39 is 0 Å². The van der Waals surface area contributed by atoms with Gasteiger partial charge in [-0.25, -0.2) is 4.98 Å².